The lowest BCUT2D eigenvalue weighted by atomic mass is 10.1. The third-order valence-corrected chi connectivity index (χ3v) is 6.65. The molecule has 0 aliphatic carbocycles. The molecule has 0 bridgehead atoms. The van der Waals surface area contributed by atoms with Crippen molar-refractivity contribution >= 4 is 45.7 Å². The quantitative estimate of drug-likeness (QED) is 0.684. The molecule has 0 radical (unpaired) electrons. The molecule has 3 aliphatic rings. The molecular weight excluding hydrogens is 384 g/mol. The number of likely N-dealkylation sites (N-methyl/N-ethyl adjacent to an activating group) is 1. The Hall–Kier alpha value is -3.06. The Labute approximate surface area is 173 Å². The molecule has 0 aromatic heterocycles. The highest BCUT2D eigenvalue weighted by Gasteiger charge is 2.38. The zero-order valence-corrected chi connectivity index (χ0v) is 16.9. The standard InChI is InChI=1S/C22H20N4O2S/c1-24-17-10-6-5-9-16(17)18(21(24)28)19-20(27)23-22(29-19)26-13-11-25(12-14-26)15-7-3-2-4-8-15/h2-10H,11-14H2,1H3. The number of rotatable bonds is 1. The van der Waals surface area contributed by atoms with Gasteiger partial charge in [-0.2, -0.15) is 4.99 Å². The topological polar surface area (TPSA) is 56.2 Å². The molecule has 146 valence electrons. The van der Waals surface area contributed by atoms with Crippen LogP contribution in [0, 0.1) is 0 Å². The number of thioether (sulfide) groups is 1. The lowest BCUT2D eigenvalue weighted by Crippen LogP contribution is -2.47. The summed E-state index contributed by atoms with van der Waals surface area (Å²) in [6, 6.07) is 17.9. The van der Waals surface area contributed by atoms with E-state index in [0.717, 1.165) is 37.4 Å². The SMILES string of the molecule is CN1C(=O)C(=C2SC(N3CCN(c4ccccc4)CC3)=NC2=O)c2ccccc21. The van der Waals surface area contributed by atoms with Crippen LogP contribution in [0.1, 0.15) is 5.56 Å². The number of fused-ring (bicyclic) bond motifs is 1. The highest BCUT2D eigenvalue weighted by Crippen LogP contribution is 2.43. The normalized spacial score (nSPS) is 21.7. The largest absolute Gasteiger partial charge is 0.368 e. The minimum atomic E-state index is -0.316. The zero-order chi connectivity index (χ0) is 20.0. The van der Waals surface area contributed by atoms with Gasteiger partial charge in [0.25, 0.3) is 11.8 Å². The van der Waals surface area contributed by atoms with Gasteiger partial charge in [0, 0.05) is 44.5 Å². The Balaban J connectivity index is 1.36. The van der Waals surface area contributed by atoms with Gasteiger partial charge in [-0.05, 0) is 30.0 Å². The molecule has 3 heterocycles. The van der Waals surface area contributed by atoms with Crippen molar-refractivity contribution in [2.24, 2.45) is 4.99 Å². The smallest absolute Gasteiger partial charge is 0.287 e. The van der Waals surface area contributed by atoms with Crippen LogP contribution in [-0.4, -0.2) is 55.1 Å². The van der Waals surface area contributed by atoms with Crippen LogP contribution >= 0.6 is 11.8 Å². The van der Waals surface area contributed by atoms with Crippen LogP contribution in [-0.2, 0) is 9.59 Å². The molecule has 7 heteroatoms. The van der Waals surface area contributed by atoms with E-state index < -0.39 is 0 Å². The molecule has 6 nitrogen and oxygen atoms in total. The molecule has 0 atom stereocenters. The molecule has 29 heavy (non-hydrogen) atoms. The number of para-hydroxylation sites is 2. The Bertz CT molecular complexity index is 1060. The van der Waals surface area contributed by atoms with E-state index in [4.69, 9.17) is 0 Å². The van der Waals surface area contributed by atoms with Gasteiger partial charge in [0.1, 0.15) is 0 Å². The minimum Gasteiger partial charge on any atom is -0.368 e. The lowest BCUT2D eigenvalue weighted by Gasteiger charge is -2.36. The Morgan fingerprint density at radius 3 is 2.28 bits per heavy atom. The van der Waals surface area contributed by atoms with Gasteiger partial charge in [-0.25, -0.2) is 0 Å². The number of piperazine rings is 1. The number of nitrogens with zero attached hydrogens (tertiary/aromatic N) is 4. The van der Waals surface area contributed by atoms with E-state index in [9.17, 15) is 9.59 Å². The van der Waals surface area contributed by atoms with Gasteiger partial charge in [-0.1, -0.05) is 36.4 Å². The molecule has 0 spiro atoms. The molecule has 2 amide bonds. The van der Waals surface area contributed by atoms with E-state index in [1.165, 1.54) is 17.4 Å². The third kappa shape index (κ3) is 3.02. The molecule has 3 aliphatic heterocycles. The molecule has 0 unspecified atom stereocenters. The van der Waals surface area contributed by atoms with E-state index in [-0.39, 0.29) is 11.8 Å². The molecule has 2 aromatic rings. The van der Waals surface area contributed by atoms with E-state index in [1.807, 2.05) is 42.5 Å². The van der Waals surface area contributed by atoms with Gasteiger partial charge >= 0.3 is 0 Å². The van der Waals surface area contributed by atoms with Gasteiger partial charge in [0.2, 0.25) is 0 Å². The molecule has 2 aromatic carbocycles. The van der Waals surface area contributed by atoms with Crippen molar-refractivity contribution in [3.05, 3.63) is 65.1 Å². The van der Waals surface area contributed by atoms with Crippen molar-refractivity contribution in [2.75, 3.05) is 43.0 Å². The molecule has 1 saturated heterocycles. The van der Waals surface area contributed by atoms with E-state index >= 15 is 0 Å². The maximum absolute atomic E-state index is 12.8. The van der Waals surface area contributed by atoms with Gasteiger partial charge in [-0.3, -0.25) is 9.59 Å². The fraction of sp³-hybridized carbons (Fsp3) is 0.227. The summed E-state index contributed by atoms with van der Waals surface area (Å²) in [4.78, 5) is 36.3. The number of carbonyl (C=O) groups excluding carboxylic acids is 2. The molecule has 0 saturated carbocycles. The maximum atomic E-state index is 12.8. The van der Waals surface area contributed by atoms with Crippen molar-refractivity contribution < 1.29 is 9.59 Å². The number of carbonyl (C=O) groups is 2. The number of aliphatic imine (C=N–C) groups is 1. The summed E-state index contributed by atoms with van der Waals surface area (Å²) in [5, 5.41) is 0.699. The predicted octanol–water partition coefficient (Wildman–Crippen LogP) is 2.83. The van der Waals surface area contributed by atoms with Gasteiger partial charge in [-0.15, -0.1) is 0 Å². The Kier molecular flexibility index (Phi) is 4.39. The van der Waals surface area contributed by atoms with Crippen LogP contribution in [0.2, 0.25) is 0 Å². The van der Waals surface area contributed by atoms with Crippen LogP contribution in [0.25, 0.3) is 5.57 Å². The van der Waals surface area contributed by atoms with Crippen LogP contribution in [0.4, 0.5) is 11.4 Å². The second-order valence-corrected chi connectivity index (χ2v) is 8.17. The summed E-state index contributed by atoms with van der Waals surface area (Å²) in [5.74, 6) is -0.462. The number of amidine groups is 1. The minimum absolute atomic E-state index is 0.146. The first kappa shape index (κ1) is 18.0. The Morgan fingerprint density at radius 1 is 0.862 bits per heavy atom. The summed E-state index contributed by atoms with van der Waals surface area (Å²) >= 11 is 1.33. The summed E-state index contributed by atoms with van der Waals surface area (Å²) in [6.07, 6.45) is 0. The number of anilines is 2. The number of amides is 2. The molecular formula is C22H20N4O2S. The van der Waals surface area contributed by atoms with Crippen molar-refractivity contribution in [2.45, 2.75) is 0 Å². The molecule has 0 N–H and O–H groups in total. The summed E-state index contributed by atoms with van der Waals surface area (Å²) in [7, 11) is 1.74. The second-order valence-electron chi connectivity index (χ2n) is 7.20. The summed E-state index contributed by atoms with van der Waals surface area (Å²) in [6.45, 7) is 3.32. The maximum Gasteiger partial charge on any atom is 0.287 e. The van der Waals surface area contributed by atoms with Gasteiger partial charge in [0.05, 0.1) is 16.2 Å². The van der Waals surface area contributed by atoms with Crippen LogP contribution < -0.4 is 9.80 Å². The van der Waals surface area contributed by atoms with Crippen LogP contribution in [0.3, 0.4) is 0 Å². The van der Waals surface area contributed by atoms with Crippen molar-refractivity contribution in [3.8, 4) is 0 Å². The predicted molar refractivity (Wildman–Crippen MR) is 117 cm³/mol. The van der Waals surface area contributed by atoms with E-state index in [2.05, 4.69) is 26.9 Å². The van der Waals surface area contributed by atoms with Crippen molar-refractivity contribution in [1.29, 1.82) is 0 Å². The zero-order valence-electron chi connectivity index (χ0n) is 16.0. The number of hydrogen-bond donors (Lipinski definition) is 0. The fourth-order valence-corrected chi connectivity index (χ4v) is 5.03. The highest BCUT2D eigenvalue weighted by atomic mass is 32.2. The van der Waals surface area contributed by atoms with E-state index in [1.54, 1.807) is 11.9 Å². The lowest BCUT2D eigenvalue weighted by molar-refractivity contribution is -0.115. The van der Waals surface area contributed by atoms with Gasteiger partial charge < -0.3 is 14.7 Å². The summed E-state index contributed by atoms with van der Waals surface area (Å²) in [5.41, 5.74) is 3.32. The molecule has 5 rings (SSSR count). The first-order valence-electron chi connectivity index (χ1n) is 9.61. The first-order valence-corrected chi connectivity index (χ1v) is 10.4. The van der Waals surface area contributed by atoms with Crippen LogP contribution in [0.15, 0.2) is 64.5 Å². The third-order valence-electron chi connectivity index (χ3n) is 5.54. The van der Waals surface area contributed by atoms with Crippen molar-refractivity contribution in [1.82, 2.24) is 4.90 Å². The highest BCUT2D eigenvalue weighted by molar-refractivity contribution is 8.18. The number of benzene rings is 2. The first-order chi connectivity index (χ1) is 14.1. The fourth-order valence-electron chi connectivity index (χ4n) is 3.97. The van der Waals surface area contributed by atoms with Gasteiger partial charge in [0.15, 0.2) is 5.17 Å². The summed E-state index contributed by atoms with van der Waals surface area (Å²) < 4.78 is 0. The number of hydrogen-bond acceptors (Lipinski definition) is 5. The monoisotopic (exact) mass is 404 g/mol. The van der Waals surface area contributed by atoms with Crippen LogP contribution in [0.5, 0.6) is 0 Å². The van der Waals surface area contributed by atoms with E-state index in [0.29, 0.717) is 15.6 Å². The average molecular weight is 404 g/mol. The average Bonchev–Trinajstić information content (AvgIpc) is 3.26. The molecule has 1 fully saturated rings. The Morgan fingerprint density at radius 2 is 1.52 bits per heavy atom. The second kappa shape index (κ2) is 7.08. The van der Waals surface area contributed by atoms with Crippen molar-refractivity contribution in [3.63, 3.8) is 0 Å².